The highest BCUT2D eigenvalue weighted by molar-refractivity contribution is 9.10. The molecule has 2 N–H and O–H groups in total. The van der Waals surface area contributed by atoms with E-state index in [0.717, 1.165) is 14.9 Å². The van der Waals surface area contributed by atoms with E-state index < -0.39 is 0 Å². The Kier molecular flexibility index (Phi) is 5.02. The standard InChI is InChI=1S/C15H15BrFNS/c1-10(18)15(11-4-2-5-12(16)8-11)19-14-7-3-6-13(17)9-14/h2-10,15H,18H2,1H3. The number of benzene rings is 2. The third-order valence-corrected chi connectivity index (χ3v) is 4.69. The number of hydrogen-bond acceptors (Lipinski definition) is 2. The largest absolute Gasteiger partial charge is 0.327 e. The third-order valence-electron chi connectivity index (χ3n) is 2.71. The zero-order valence-electron chi connectivity index (χ0n) is 10.5. The summed E-state index contributed by atoms with van der Waals surface area (Å²) in [6.45, 7) is 1.97. The number of thioether (sulfide) groups is 1. The number of halogens is 2. The predicted molar refractivity (Wildman–Crippen MR) is 82.8 cm³/mol. The normalized spacial score (nSPS) is 14.1. The Balaban J connectivity index is 2.26. The van der Waals surface area contributed by atoms with Crippen LogP contribution in [0.15, 0.2) is 57.9 Å². The summed E-state index contributed by atoms with van der Waals surface area (Å²) in [6.07, 6.45) is 0. The molecule has 0 saturated heterocycles. The molecule has 0 heterocycles. The molecule has 100 valence electrons. The summed E-state index contributed by atoms with van der Waals surface area (Å²) in [5.41, 5.74) is 7.21. The molecule has 4 heteroatoms. The van der Waals surface area contributed by atoms with Crippen molar-refractivity contribution < 1.29 is 4.39 Å². The number of rotatable bonds is 4. The van der Waals surface area contributed by atoms with Gasteiger partial charge in [-0.2, -0.15) is 0 Å². The van der Waals surface area contributed by atoms with E-state index in [9.17, 15) is 4.39 Å². The minimum atomic E-state index is -0.220. The average Bonchev–Trinajstić information content (AvgIpc) is 2.35. The summed E-state index contributed by atoms with van der Waals surface area (Å²) >= 11 is 5.05. The van der Waals surface area contributed by atoms with Crippen molar-refractivity contribution in [2.45, 2.75) is 23.1 Å². The molecule has 2 rings (SSSR count). The highest BCUT2D eigenvalue weighted by atomic mass is 79.9. The Labute approximate surface area is 125 Å². The van der Waals surface area contributed by atoms with Gasteiger partial charge in [-0.1, -0.05) is 34.1 Å². The topological polar surface area (TPSA) is 26.0 Å². The van der Waals surface area contributed by atoms with E-state index in [1.54, 1.807) is 17.8 Å². The van der Waals surface area contributed by atoms with Gasteiger partial charge in [0.1, 0.15) is 5.82 Å². The third kappa shape index (κ3) is 4.06. The maximum Gasteiger partial charge on any atom is 0.124 e. The summed E-state index contributed by atoms with van der Waals surface area (Å²) in [7, 11) is 0. The fraction of sp³-hybridized carbons (Fsp3) is 0.200. The summed E-state index contributed by atoms with van der Waals surface area (Å²) < 4.78 is 14.3. The molecule has 0 aliphatic carbocycles. The van der Waals surface area contributed by atoms with Crippen LogP contribution >= 0.6 is 27.7 Å². The van der Waals surface area contributed by atoms with Gasteiger partial charge in [-0.3, -0.25) is 0 Å². The van der Waals surface area contributed by atoms with Crippen LogP contribution in [0.5, 0.6) is 0 Å². The molecule has 0 amide bonds. The fourth-order valence-electron chi connectivity index (χ4n) is 1.85. The van der Waals surface area contributed by atoms with E-state index in [1.165, 1.54) is 12.1 Å². The van der Waals surface area contributed by atoms with Crippen molar-refractivity contribution in [1.29, 1.82) is 0 Å². The molecule has 2 aromatic carbocycles. The van der Waals surface area contributed by atoms with Crippen molar-refractivity contribution in [3.05, 3.63) is 64.4 Å². The van der Waals surface area contributed by atoms with Crippen LogP contribution < -0.4 is 5.73 Å². The first-order valence-electron chi connectivity index (χ1n) is 5.99. The van der Waals surface area contributed by atoms with Gasteiger partial charge in [0.05, 0.1) is 0 Å². The molecule has 2 unspecified atom stereocenters. The Bertz CT molecular complexity index is 559. The van der Waals surface area contributed by atoms with Gasteiger partial charge in [0.2, 0.25) is 0 Å². The summed E-state index contributed by atoms with van der Waals surface area (Å²) in [4.78, 5) is 0.891. The molecular formula is C15H15BrFNS. The van der Waals surface area contributed by atoms with Crippen LogP contribution in [-0.4, -0.2) is 6.04 Å². The molecule has 0 aromatic heterocycles. The zero-order chi connectivity index (χ0) is 13.8. The minimum absolute atomic E-state index is 0.0254. The molecule has 19 heavy (non-hydrogen) atoms. The molecule has 0 aliphatic heterocycles. The van der Waals surface area contributed by atoms with Crippen molar-refractivity contribution in [3.8, 4) is 0 Å². The molecular weight excluding hydrogens is 325 g/mol. The SMILES string of the molecule is CC(N)C(Sc1cccc(F)c1)c1cccc(Br)c1. The van der Waals surface area contributed by atoms with Crippen LogP contribution in [0.1, 0.15) is 17.7 Å². The van der Waals surface area contributed by atoms with Crippen molar-refractivity contribution in [1.82, 2.24) is 0 Å². The van der Waals surface area contributed by atoms with Gasteiger partial charge >= 0.3 is 0 Å². The van der Waals surface area contributed by atoms with E-state index in [1.807, 2.05) is 31.2 Å². The smallest absolute Gasteiger partial charge is 0.124 e. The molecule has 2 aromatic rings. The molecule has 1 nitrogen and oxygen atoms in total. The second-order valence-corrected chi connectivity index (χ2v) is 6.54. The summed E-state index contributed by atoms with van der Waals surface area (Å²) in [6, 6.07) is 14.7. The van der Waals surface area contributed by atoms with Gasteiger partial charge < -0.3 is 5.73 Å². The second-order valence-electron chi connectivity index (χ2n) is 4.41. The lowest BCUT2D eigenvalue weighted by molar-refractivity contribution is 0.624. The van der Waals surface area contributed by atoms with E-state index in [-0.39, 0.29) is 17.1 Å². The maximum absolute atomic E-state index is 13.2. The van der Waals surface area contributed by atoms with Crippen LogP contribution in [0.4, 0.5) is 4.39 Å². The first-order valence-corrected chi connectivity index (χ1v) is 7.67. The minimum Gasteiger partial charge on any atom is -0.327 e. The summed E-state index contributed by atoms with van der Waals surface area (Å²) in [5, 5.41) is 0.0966. The van der Waals surface area contributed by atoms with Crippen LogP contribution in [0.2, 0.25) is 0 Å². The van der Waals surface area contributed by atoms with Gasteiger partial charge in [-0.25, -0.2) is 4.39 Å². The van der Waals surface area contributed by atoms with Crippen molar-refractivity contribution in [3.63, 3.8) is 0 Å². The predicted octanol–water partition coefficient (Wildman–Crippen LogP) is 4.77. The molecule has 0 radical (unpaired) electrons. The van der Waals surface area contributed by atoms with E-state index >= 15 is 0 Å². The molecule has 0 fully saturated rings. The molecule has 0 aliphatic rings. The molecule has 2 atom stereocenters. The first-order chi connectivity index (χ1) is 9.06. The molecule has 0 bridgehead atoms. The summed E-state index contributed by atoms with van der Waals surface area (Å²) in [5.74, 6) is -0.220. The monoisotopic (exact) mass is 339 g/mol. The van der Waals surface area contributed by atoms with Crippen LogP contribution in [0.25, 0.3) is 0 Å². The van der Waals surface area contributed by atoms with E-state index in [4.69, 9.17) is 5.73 Å². The Morgan fingerprint density at radius 1 is 1.16 bits per heavy atom. The lowest BCUT2D eigenvalue weighted by Gasteiger charge is -2.21. The van der Waals surface area contributed by atoms with Gasteiger partial charge in [-0.15, -0.1) is 11.8 Å². The van der Waals surface area contributed by atoms with Gasteiger partial charge in [0.25, 0.3) is 0 Å². The number of nitrogens with two attached hydrogens (primary N) is 1. The quantitative estimate of drug-likeness (QED) is 0.812. The molecule has 0 saturated carbocycles. The van der Waals surface area contributed by atoms with Crippen LogP contribution in [-0.2, 0) is 0 Å². The Hall–Kier alpha value is -0.840. The highest BCUT2D eigenvalue weighted by Gasteiger charge is 2.18. The number of hydrogen-bond donors (Lipinski definition) is 1. The van der Waals surface area contributed by atoms with E-state index in [0.29, 0.717) is 0 Å². The van der Waals surface area contributed by atoms with Crippen molar-refractivity contribution >= 4 is 27.7 Å². The Morgan fingerprint density at radius 3 is 2.53 bits per heavy atom. The van der Waals surface area contributed by atoms with Crippen LogP contribution in [0.3, 0.4) is 0 Å². The first kappa shape index (κ1) is 14.6. The van der Waals surface area contributed by atoms with Crippen molar-refractivity contribution in [2.75, 3.05) is 0 Å². The van der Waals surface area contributed by atoms with Crippen molar-refractivity contribution in [2.24, 2.45) is 5.73 Å². The zero-order valence-corrected chi connectivity index (χ0v) is 12.9. The lowest BCUT2D eigenvalue weighted by Crippen LogP contribution is -2.22. The second kappa shape index (κ2) is 6.55. The van der Waals surface area contributed by atoms with E-state index in [2.05, 4.69) is 22.0 Å². The van der Waals surface area contributed by atoms with Gasteiger partial charge in [-0.05, 0) is 42.8 Å². The fourth-order valence-corrected chi connectivity index (χ4v) is 3.39. The van der Waals surface area contributed by atoms with Crippen LogP contribution in [0, 0.1) is 5.82 Å². The van der Waals surface area contributed by atoms with Gasteiger partial charge in [0, 0.05) is 20.7 Å². The molecule has 0 spiro atoms. The maximum atomic E-state index is 13.2. The Morgan fingerprint density at radius 2 is 1.89 bits per heavy atom. The average molecular weight is 340 g/mol. The highest BCUT2D eigenvalue weighted by Crippen LogP contribution is 2.38. The van der Waals surface area contributed by atoms with Gasteiger partial charge in [0.15, 0.2) is 0 Å². The lowest BCUT2D eigenvalue weighted by atomic mass is 10.1.